The number of methoxy groups -OCH3 is 1. The zero-order valence-electron chi connectivity index (χ0n) is 12.6. The van der Waals surface area contributed by atoms with Crippen molar-refractivity contribution < 1.29 is 22.7 Å². The van der Waals surface area contributed by atoms with Crippen molar-refractivity contribution in [1.29, 1.82) is 0 Å². The highest BCUT2D eigenvalue weighted by atomic mass is 19.4. The third-order valence-electron chi connectivity index (χ3n) is 3.61. The maximum Gasteiger partial charge on any atom is 0.416 e. The molecule has 1 aromatic heterocycles. The van der Waals surface area contributed by atoms with E-state index in [1.807, 2.05) is 0 Å². The maximum absolute atomic E-state index is 12.9. The second kappa shape index (κ2) is 5.92. The fourth-order valence-electron chi connectivity index (χ4n) is 2.46. The molecule has 24 heavy (non-hydrogen) atoms. The number of carbonyl (C=O) groups excluding carboxylic acids is 1. The average Bonchev–Trinajstić information content (AvgIpc) is 3.02. The predicted molar refractivity (Wildman–Crippen MR) is 84.2 cm³/mol. The SMILES string of the molecule is COc1ccc(C(F)(F)F)cc1NC(=O)c1cccc2[nH]ccc12. The van der Waals surface area contributed by atoms with Crippen LogP contribution in [0.4, 0.5) is 18.9 Å². The fraction of sp³-hybridized carbons (Fsp3) is 0.118. The van der Waals surface area contributed by atoms with E-state index in [-0.39, 0.29) is 11.4 Å². The number of halogens is 3. The van der Waals surface area contributed by atoms with E-state index >= 15 is 0 Å². The van der Waals surface area contributed by atoms with Crippen LogP contribution in [0.25, 0.3) is 10.9 Å². The Kier molecular flexibility index (Phi) is 3.92. The molecule has 2 N–H and O–H groups in total. The molecule has 0 fully saturated rings. The molecular formula is C17H13F3N2O2. The van der Waals surface area contributed by atoms with E-state index < -0.39 is 17.6 Å². The normalized spacial score (nSPS) is 11.5. The standard InChI is InChI=1S/C17H13F3N2O2/c1-24-15-6-5-10(17(18,19)20)9-14(15)22-16(23)12-3-2-4-13-11(12)7-8-21-13/h2-9,21H,1H3,(H,22,23). The summed E-state index contributed by atoms with van der Waals surface area (Å²) in [4.78, 5) is 15.5. The van der Waals surface area contributed by atoms with Gasteiger partial charge in [0.15, 0.2) is 0 Å². The molecule has 0 aliphatic carbocycles. The third-order valence-corrected chi connectivity index (χ3v) is 3.61. The maximum atomic E-state index is 12.9. The molecular weight excluding hydrogens is 321 g/mol. The second-order valence-electron chi connectivity index (χ2n) is 5.11. The molecule has 0 atom stereocenters. The molecule has 0 aliphatic rings. The number of aromatic nitrogens is 1. The molecule has 7 heteroatoms. The number of hydrogen-bond donors (Lipinski definition) is 2. The van der Waals surface area contributed by atoms with Crippen LogP contribution < -0.4 is 10.1 Å². The van der Waals surface area contributed by atoms with Gasteiger partial charge >= 0.3 is 6.18 Å². The minimum absolute atomic E-state index is 0.0372. The summed E-state index contributed by atoms with van der Waals surface area (Å²) >= 11 is 0. The van der Waals surface area contributed by atoms with Gasteiger partial charge < -0.3 is 15.0 Å². The lowest BCUT2D eigenvalue weighted by Gasteiger charge is -2.14. The molecule has 4 nitrogen and oxygen atoms in total. The van der Waals surface area contributed by atoms with Gasteiger partial charge in [0.1, 0.15) is 5.75 Å². The molecule has 3 aromatic rings. The molecule has 0 aliphatic heterocycles. The molecule has 0 saturated carbocycles. The minimum Gasteiger partial charge on any atom is -0.495 e. The lowest BCUT2D eigenvalue weighted by molar-refractivity contribution is -0.137. The lowest BCUT2D eigenvalue weighted by Crippen LogP contribution is -2.14. The van der Waals surface area contributed by atoms with Gasteiger partial charge in [0.25, 0.3) is 5.91 Å². The van der Waals surface area contributed by atoms with Crippen LogP contribution in [-0.4, -0.2) is 18.0 Å². The number of fused-ring (bicyclic) bond motifs is 1. The predicted octanol–water partition coefficient (Wildman–Crippen LogP) is 4.45. The minimum atomic E-state index is -4.51. The molecule has 1 heterocycles. The first-order valence-electron chi connectivity index (χ1n) is 7.03. The number of aromatic amines is 1. The Morgan fingerprint density at radius 3 is 2.67 bits per heavy atom. The number of amides is 1. The Morgan fingerprint density at radius 2 is 1.96 bits per heavy atom. The van der Waals surface area contributed by atoms with Gasteiger partial charge in [0.05, 0.1) is 18.4 Å². The monoisotopic (exact) mass is 334 g/mol. The van der Waals surface area contributed by atoms with Gasteiger partial charge in [0.2, 0.25) is 0 Å². The number of nitrogens with one attached hydrogen (secondary N) is 2. The van der Waals surface area contributed by atoms with Gasteiger partial charge in [-0.05, 0) is 36.4 Å². The van der Waals surface area contributed by atoms with Crippen LogP contribution in [0.5, 0.6) is 5.75 Å². The molecule has 0 radical (unpaired) electrons. The van der Waals surface area contributed by atoms with Crippen molar-refractivity contribution in [2.24, 2.45) is 0 Å². The summed E-state index contributed by atoms with van der Waals surface area (Å²) in [6, 6.07) is 9.76. The van der Waals surface area contributed by atoms with E-state index in [2.05, 4.69) is 10.3 Å². The highest BCUT2D eigenvalue weighted by Crippen LogP contribution is 2.35. The van der Waals surface area contributed by atoms with Crippen molar-refractivity contribution in [3.63, 3.8) is 0 Å². The largest absolute Gasteiger partial charge is 0.495 e. The lowest BCUT2D eigenvalue weighted by atomic mass is 10.1. The summed E-state index contributed by atoms with van der Waals surface area (Å²) in [7, 11) is 1.32. The molecule has 0 bridgehead atoms. The van der Waals surface area contributed by atoms with Gasteiger partial charge in [-0.2, -0.15) is 13.2 Å². The van der Waals surface area contributed by atoms with Crippen molar-refractivity contribution in [3.05, 3.63) is 59.8 Å². The Hall–Kier alpha value is -2.96. The van der Waals surface area contributed by atoms with E-state index in [1.165, 1.54) is 13.2 Å². The first-order valence-corrected chi connectivity index (χ1v) is 7.03. The Morgan fingerprint density at radius 1 is 1.17 bits per heavy atom. The number of ether oxygens (including phenoxy) is 1. The van der Waals surface area contributed by atoms with Gasteiger partial charge in [-0.25, -0.2) is 0 Å². The van der Waals surface area contributed by atoms with E-state index in [9.17, 15) is 18.0 Å². The van der Waals surface area contributed by atoms with Crippen LogP contribution in [0.3, 0.4) is 0 Å². The van der Waals surface area contributed by atoms with E-state index in [4.69, 9.17) is 4.74 Å². The van der Waals surface area contributed by atoms with Gasteiger partial charge in [-0.15, -0.1) is 0 Å². The second-order valence-corrected chi connectivity index (χ2v) is 5.11. The van der Waals surface area contributed by atoms with E-state index in [1.54, 1.807) is 30.5 Å². The smallest absolute Gasteiger partial charge is 0.416 e. The summed E-state index contributed by atoms with van der Waals surface area (Å²) in [6.45, 7) is 0. The first kappa shape index (κ1) is 15.9. The molecule has 3 rings (SSSR count). The van der Waals surface area contributed by atoms with E-state index in [0.717, 1.165) is 17.6 Å². The number of H-pyrrole nitrogens is 1. The van der Waals surface area contributed by atoms with Gasteiger partial charge in [0, 0.05) is 22.7 Å². The zero-order chi connectivity index (χ0) is 17.3. The van der Waals surface area contributed by atoms with Crippen molar-refractivity contribution in [1.82, 2.24) is 4.98 Å². The van der Waals surface area contributed by atoms with Crippen LogP contribution in [0.2, 0.25) is 0 Å². The van der Waals surface area contributed by atoms with Crippen LogP contribution in [0.15, 0.2) is 48.7 Å². The zero-order valence-corrected chi connectivity index (χ0v) is 12.6. The van der Waals surface area contributed by atoms with Crippen LogP contribution >= 0.6 is 0 Å². The average molecular weight is 334 g/mol. The highest BCUT2D eigenvalue weighted by Gasteiger charge is 2.31. The first-order chi connectivity index (χ1) is 11.4. The molecule has 0 spiro atoms. The van der Waals surface area contributed by atoms with Gasteiger partial charge in [-0.1, -0.05) is 6.07 Å². The Labute approximate surface area is 135 Å². The van der Waals surface area contributed by atoms with Crippen molar-refractivity contribution in [3.8, 4) is 5.75 Å². The van der Waals surface area contributed by atoms with Crippen molar-refractivity contribution in [2.75, 3.05) is 12.4 Å². The number of hydrogen-bond acceptors (Lipinski definition) is 2. The molecule has 1 amide bonds. The topological polar surface area (TPSA) is 54.1 Å². The summed E-state index contributed by atoms with van der Waals surface area (Å²) < 4.78 is 43.7. The Bertz CT molecular complexity index is 900. The number of anilines is 1. The fourth-order valence-corrected chi connectivity index (χ4v) is 2.46. The summed E-state index contributed by atoms with van der Waals surface area (Å²) in [5.74, 6) is -0.365. The number of alkyl halides is 3. The van der Waals surface area contributed by atoms with Crippen LogP contribution in [-0.2, 0) is 6.18 Å². The molecule has 0 saturated heterocycles. The summed E-state index contributed by atoms with van der Waals surface area (Å²) in [6.07, 6.45) is -2.82. The number of benzene rings is 2. The number of rotatable bonds is 3. The Balaban J connectivity index is 1.98. The summed E-state index contributed by atoms with van der Waals surface area (Å²) in [5, 5.41) is 3.18. The molecule has 124 valence electrons. The summed E-state index contributed by atoms with van der Waals surface area (Å²) in [5.41, 5.74) is 0.218. The van der Waals surface area contributed by atoms with E-state index in [0.29, 0.717) is 10.9 Å². The van der Waals surface area contributed by atoms with Gasteiger partial charge in [-0.3, -0.25) is 4.79 Å². The van der Waals surface area contributed by atoms with Crippen molar-refractivity contribution in [2.45, 2.75) is 6.18 Å². The third kappa shape index (κ3) is 2.92. The van der Waals surface area contributed by atoms with Crippen molar-refractivity contribution >= 4 is 22.5 Å². The highest BCUT2D eigenvalue weighted by molar-refractivity contribution is 6.13. The number of carbonyl (C=O) groups is 1. The van der Waals surface area contributed by atoms with Crippen LogP contribution in [0, 0.1) is 0 Å². The van der Waals surface area contributed by atoms with Crippen LogP contribution in [0.1, 0.15) is 15.9 Å². The molecule has 2 aromatic carbocycles. The molecule has 0 unspecified atom stereocenters. The quantitative estimate of drug-likeness (QED) is 0.744.